The molecule has 0 heterocycles. The molecule has 0 radical (unpaired) electrons. The van der Waals surface area contributed by atoms with E-state index in [4.69, 9.17) is 11.5 Å². The van der Waals surface area contributed by atoms with E-state index in [2.05, 4.69) is 17.2 Å². The van der Waals surface area contributed by atoms with Crippen molar-refractivity contribution < 1.29 is 4.79 Å². The second-order valence-corrected chi connectivity index (χ2v) is 4.81. The summed E-state index contributed by atoms with van der Waals surface area (Å²) < 4.78 is 0. The Kier molecular flexibility index (Phi) is 6.78. The van der Waals surface area contributed by atoms with Gasteiger partial charge in [-0.2, -0.15) is 0 Å². The molecule has 0 rings (SSSR count). The Hall–Kier alpha value is -1.05. The average Bonchev–Trinajstić information content (AvgIpc) is 2.19. The van der Waals surface area contributed by atoms with Crippen LogP contribution in [-0.4, -0.2) is 25.0 Å². The van der Waals surface area contributed by atoms with Crippen LogP contribution >= 0.6 is 0 Å². The van der Waals surface area contributed by atoms with E-state index in [0.717, 1.165) is 6.42 Å². The summed E-state index contributed by atoms with van der Waals surface area (Å²) >= 11 is 0. The molecule has 0 saturated heterocycles. The summed E-state index contributed by atoms with van der Waals surface area (Å²) in [5.41, 5.74) is 11.0. The van der Waals surface area contributed by atoms with Crippen LogP contribution in [0, 0.1) is 17.3 Å². The van der Waals surface area contributed by atoms with Gasteiger partial charge in [-0.3, -0.25) is 4.79 Å². The number of carbonyl (C=O) groups is 1. The number of hydrogen-bond acceptors (Lipinski definition) is 3. The maximum Gasteiger partial charge on any atom is 0.237 e. The third-order valence-corrected chi connectivity index (χ3v) is 1.87. The highest BCUT2D eigenvalue weighted by Crippen LogP contribution is 2.09. The second-order valence-electron chi connectivity index (χ2n) is 4.81. The lowest BCUT2D eigenvalue weighted by Crippen LogP contribution is -2.40. The zero-order valence-corrected chi connectivity index (χ0v) is 10.5. The van der Waals surface area contributed by atoms with E-state index < -0.39 is 6.04 Å². The minimum atomic E-state index is -0.472. The van der Waals surface area contributed by atoms with Crippen molar-refractivity contribution in [3.8, 4) is 11.8 Å². The minimum Gasteiger partial charge on any atom is -0.344 e. The van der Waals surface area contributed by atoms with Gasteiger partial charge in [0.05, 0.1) is 12.6 Å². The number of rotatable bonds is 5. The van der Waals surface area contributed by atoms with Gasteiger partial charge in [0.25, 0.3) is 0 Å². The molecule has 0 aliphatic rings. The van der Waals surface area contributed by atoms with Crippen molar-refractivity contribution in [2.24, 2.45) is 16.9 Å². The molecule has 0 aromatic carbocycles. The van der Waals surface area contributed by atoms with Crippen molar-refractivity contribution in [3.05, 3.63) is 0 Å². The van der Waals surface area contributed by atoms with E-state index in [1.165, 1.54) is 0 Å². The van der Waals surface area contributed by atoms with E-state index >= 15 is 0 Å². The van der Waals surface area contributed by atoms with Crippen LogP contribution < -0.4 is 16.8 Å². The van der Waals surface area contributed by atoms with Gasteiger partial charge in [-0.05, 0) is 40.2 Å². The third kappa shape index (κ3) is 8.27. The van der Waals surface area contributed by atoms with Crippen molar-refractivity contribution >= 4 is 5.91 Å². The van der Waals surface area contributed by atoms with Gasteiger partial charge in [-0.15, -0.1) is 0 Å². The van der Waals surface area contributed by atoms with Crippen LogP contribution in [0.1, 0.15) is 33.6 Å². The standard InChI is InChI=1S/C12H23N3O/c1-12(2,3)7-5-9-15-11(16)10(14)6-4-8-13/h10H,4,6,8-9,13-14H2,1-3H3,(H,15,16)/t10-/m0/s1. The van der Waals surface area contributed by atoms with Crippen molar-refractivity contribution in [1.82, 2.24) is 5.32 Å². The third-order valence-electron chi connectivity index (χ3n) is 1.87. The molecule has 1 atom stereocenters. The molecule has 16 heavy (non-hydrogen) atoms. The maximum atomic E-state index is 11.4. The topological polar surface area (TPSA) is 81.1 Å². The van der Waals surface area contributed by atoms with Crippen LogP contribution in [0.4, 0.5) is 0 Å². The van der Waals surface area contributed by atoms with E-state index in [1.807, 2.05) is 20.8 Å². The summed E-state index contributed by atoms with van der Waals surface area (Å²) in [4.78, 5) is 11.4. The molecule has 1 amide bonds. The van der Waals surface area contributed by atoms with Gasteiger partial charge in [0.1, 0.15) is 0 Å². The molecule has 0 fully saturated rings. The van der Waals surface area contributed by atoms with Gasteiger partial charge in [0.2, 0.25) is 5.91 Å². The van der Waals surface area contributed by atoms with E-state index in [-0.39, 0.29) is 11.3 Å². The van der Waals surface area contributed by atoms with Crippen LogP contribution in [0.25, 0.3) is 0 Å². The Balaban J connectivity index is 3.84. The second kappa shape index (κ2) is 7.26. The zero-order valence-electron chi connectivity index (χ0n) is 10.5. The van der Waals surface area contributed by atoms with Gasteiger partial charge < -0.3 is 16.8 Å². The monoisotopic (exact) mass is 225 g/mol. The Labute approximate surface area is 98.1 Å². The predicted octanol–water partition coefficient (Wildman–Crippen LogP) is 0.218. The van der Waals surface area contributed by atoms with Gasteiger partial charge in [-0.1, -0.05) is 11.8 Å². The molecular weight excluding hydrogens is 202 g/mol. The lowest BCUT2D eigenvalue weighted by atomic mass is 9.98. The Morgan fingerprint density at radius 2 is 2.06 bits per heavy atom. The zero-order chi connectivity index (χ0) is 12.6. The SMILES string of the molecule is CC(C)(C)C#CCNC(=O)[C@@H](N)CCCN. The van der Waals surface area contributed by atoms with E-state index in [9.17, 15) is 4.79 Å². The number of carbonyl (C=O) groups excluding carboxylic acids is 1. The average molecular weight is 225 g/mol. The maximum absolute atomic E-state index is 11.4. The fourth-order valence-electron chi connectivity index (χ4n) is 1.04. The summed E-state index contributed by atoms with van der Waals surface area (Å²) in [7, 11) is 0. The summed E-state index contributed by atoms with van der Waals surface area (Å²) in [6.07, 6.45) is 1.39. The summed E-state index contributed by atoms with van der Waals surface area (Å²) in [6, 6.07) is -0.472. The lowest BCUT2D eigenvalue weighted by Gasteiger charge is -2.10. The Bertz CT molecular complexity index is 270. The normalized spacial score (nSPS) is 12.6. The van der Waals surface area contributed by atoms with Crippen molar-refractivity contribution in [1.29, 1.82) is 0 Å². The molecule has 4 nitrogen and oxygen atoms in total. The number of amides is 1. The molecule has 0 aromatic heterocycles. The number of nitrogens with one attached hydrogen (secondary N) is 1. The molecule has 0 aliphatic carbocycles. The fraction of sp³-hybridized carbons (Fsp3) is 0.750. The highest BCUT2D eigenvalue weighted by Gasteiger charge is 2.11. The highest BCUT2D eigenvalue weighted by molar-refractivity contribution is 5.81. The highest BCUT2D eigenvalue weighted by atomic mass is 16.2. The number of hydrogen-bond donors (Lipinski definition) is 3. The molecule has 5 N–H and O–H groups in total. The molecular formula is C12H23N3O. The first-order valence-electron chi connectivity index (χ1n) is 5.60. The predicted molar refractivity (Wildman–Crippen MR) is 66.5 cm³/mol. The first-order chi connectivity index (χ1) is 7.37. The first-order valence-corrected chi connectivity index (χ1v) is 5.60. The van der Waals surface area contributed by atoms with Crippen LogP contribution in [0.5, 0.6) is 0 Å². The quantitative estimate of drug-likeness (QED) is 0.585. The smallest absolute Gasteiger partial charge is 0.237 e. The van der Waals surface area contributed by atoms with Crippen LogP contribution in [0.3, 0.4) is 0 Å². The van der Waals surface area contributed by atoms with Crippen molar-refractivity contribution in [2.45, 2.75) is 39.7 Å². The summed E-state index contributed by atoms with van der Waals surface area (Å²) in [5, 5.41) is 2.69. The van der Waals surface area contributed by atoms with Crippen LogP contribution in [0.2, 0.25) is 0 Å². The molecule has 4 heteroatoms. The van der Waals surface area contributed by atoms with Gasteiger partial charge in [-0.25, -0.2) is 0 Å². The molecule has 0 spiro atoms. The Morgan fingerprint density at radius 1 is 1.44 bits per heavy atom. The summed E-state index contributed by atoms with van der Waals surface area (Å²) in [5.74, 6) is 5.78. The van der Waals surface area contributed by atoms with E-state index in [1.54, 1.807) is 0 Å². The fourth-order valence-corrected chi connectivity index (χ4v) is 1.04. The van der Waals surface area contributed by atoms with Crippen molar-refractivity contribution in [3.63, 3.8) is 0 Å². The van der Waals surface area contributed by atoms with Gasteiger partial charge in [0.15, 0.2) is 0 Å². The molecule has 0 aromatic rings. The summed E-state index contributed by atoms with van der Waals surface area (Å²) in [6.45, 7) is 6.98. The molecule has 92 valence electrons. The van der Waals surface area contributed by atoms with Crippen LogP contribution in [-0.2, 0) is 4.79 Å². The molecule has 0 unspecified atom stereocenters. The molecule has 0 saturated carbocycles. The number of nitrogens with two attached hydrogens (primary N) is 2. The largest absolute Gasteiger partial charge is 0.344 e. The van der Waals surface area contributed by atoms with Gasteiger partial charge >= 0.3 is 0 Å². The molecule has 0 aliphatic heterocycles. The minimum absolute atomic E-state index is 0.0353. The van der Waals surface area contributed by atoms with Crippen LogP contribution in [0.15, 0.2) is 0 Å². The van der Waals surface area contributed by atoms with E-state index in [0.29, 0.717) is 19.5 Å². The van der Waals surface area contributed by atoms with Crippen molar-refractivity contribution in [2.75, 3.05) is 13.1 Å². The first kappa shape index (κ1) is 14.9. The molecule has 0 bridgehead atoms. The Morgan fingerprint density at radius 3 is 2.56 bits per heavy atom. The van der Waals surface area contributed by atoms with Gasteiger partial charge in [0, 0.05) is 5.41 Å². The lowest BCUT2D eigenvalue weighted by molar-refractivity contribution is -0.122.